The molecule has 0 aliphatic carbocycles. The summed E-state index contributed by atoms with van der Waals surface area (Å²) >= 11 is 0. The number of carbonyl (C=O) groups is 1. The molecule has 0 spiro atoms. The van der Waals surface area contributed by atoms with Crippen molar-refractivity contribution in [2.24, 2.45) is 0 Å². The average molecular weight is 384 g/mol. The number of quaternary nitrogens is 2. The predicted molar refractivity (Wildman–Crippen MR) is 112 cm³/mol. The van der Waals surface area contributed by atoms with E-state index >= 15 is 0 Å². The highest BCUT2D eigenvalue weighted by atomic mass is 16.5. The third kappa shape index (κ3) is 5.12. The maximum absolute atomic E-state index is 12.5. The Morgan fingerprint density at radius 1 is 1.00 bits per heavy atom. The van der Waals surface area contributed by atoms with Crippen molar-refractivity contribution in [2.75, 3.05) is 45.2 Å². The van der Waals surface area contributed by atoms with Crippen molar-refractivity contribution < 1.29 is 19.3 Å². The lowest BCUT2D eigenvalue weighted by Crippen LogP contribution is -3.28. The van der Waals surface area contributed by atoms with Crippen molar-refractivity contribution in [3.05, 3.63) is 58.7 Å². The standard InChI is InChI=1S/C23H31N3O2/c1-17-8-9-21(28-4)20(14-17)15-25-10-12-26(13-11-25)16-22(27)24-23-18(2)6-5-7-19(23)3/h5-9,14H,10-13,15-16H2,1-4H3,(H,24,27)/p+2. The van der Waals surface area contributed by atoms with Crippen LogP contribution in [0.2, 0.25) is 0 Å². The van der Waals surface area contributed by atoms with Gasteiger partial charge >= 0.3 is 0 Å². The maximum Gasteiger partial charge on any atom is 0.279 e. The van der Waals surface area contributed by atoms with Gasteiger partial charge in [0, 0.05) is 11.3 Å². The van der Waals surface area contributed by atoms with Crippen molar-refractivity contribution in [3.8, 4) is 5.75 Å². The number of carbonyl (C=O) groups excluding carboxylic acids is 1. The van der Waals surface area contributed by atoms with Gasteiger partial charge in [0.1, 0.15) is 38.5 Å². The van der Waals surface area contributed by atoms with Crippen LogP contribution >= 0.6 is 0 Å². The highest BCUT2D eigenvalue weighted by molar-refractivity contribution is 5.93. The molecule has 2 aromatic carbocycles. The van der Waals surface area contributed by atoms with Gasteiger partial charge in [0.25, 0.3) is 5.91 Å². The second-order valence-corrected chi connectivity index (χ2v) is 7.98. The fourth-order valence-corrected chi connectivity index (χ4v) is 4.05. The molecule has 0 saturated carbocycles. The van der Waals surface area contributed by atoms with Crippen LogP contribution in [0.3, 0.4) is 0 Å². The molecule has 1 saturated heterocycles. The van der Waals surface area contributed by atoms with Gasteiger partial charge in [-0.25, -0.2) is 0 Å². The first-order chi connectivity index (χ1) is 13.5. The third-order valence-electron chi connectivity index (χ3n) is 5.70. The largest absolute Gasteiger partial charge is 0.496 e. The molecule has 3 N–H and O–H groups in total. The Morgan fingerprint density at radius 2 is 1.64 bits per heavy atom. The highest BCUT2D eigenvalue weighted by Crippen LogP contribution is 2.19. The molecule has 3 rings (SSSR count). The van der Waals surface area contributed by atoms with Crippen LogP contribution in [0.15, 0.2) is 36.4 Å². The van der Waals surface area contributed by atoms with E-state index in [1.807, 2.05) is 32.0 Å². The third-order valence-corrected chi connectivity index (χ3v) is 5.70. The minimum Gasteiger partial charge on any atom is -0.496 e. The average Bonchev–Trinajstić information content (AvgIpc) is 2.67. The van der Waals surface area contributed by atoms with Crippen LogP contribution in [0.4, 0.5) is 5.69 Å². The molecule has 0 radical (unpaired) electrons. The number of rotatable bonds is 6. The number of ether oxygens (including phenoxy) is 1. The minimum absolute atomic E-state index is 0.108. The number of amides is 1. The van der Waals surface area contributed by atoms with Gasteiger partial charge in [-0.15, -0.1) is 0 Å². The number of para-hydroxylation sites is 1. The molecule has 1 fully saturated rings. The Morgan fingerprint density at radius 3 is 2.29 bits per heavy atom. The maximum atomic E-state index is 12.5. The van der Waals surface area contributed by atoms with Crippen molar-refractivity contribution in [2.45, 2.75) is 27.3 Å². The zero-order chi connectivity index (χ0) is 20.1. The summed E-state index contributed by atoms with van der Waals surface area (Å²) in [6.45, 7) is 11.9. The number of piperazine rings is 1. The van der Waals surface area contributed by atoms with E-state index in [1.54, 1.807) is 12.0 Å². The molecule has 1 aliphatic rings. The molecule has 2 aromatic rings. The van der Waals surface area contributed by atoms with E-state index in [0.717, 1.165) is 55.3 Å². The van der Waals surface area contributed by atoms with Gasteiger partial charge in [0.15, 0.2) is 6.54 Å². The molecule has 1 heterocycles. The molecule has 0 aromatic heterocycles. The zero-order valence-corrected chi connectivity index (χ0v) is 17.5. The number of benzene rings is 2. The van der Waals surface area contributed by atoms with Gasteiger partial charge in [-0.3, -0.25) is 4.79 Å². The highest BCUT2D eigenvalue weighted by Gasteiger charge is 2.26. The topological polar surface area (TPSA) is 47.2 Å². The summed E-state index contributed by atoms with van der Waals surface area (Å²) in [5, 5.41) is 3.12. The van der Waals surface area contributed by atoms with E-state index in [-0.39, 0.29) is 5.91 Å². The molecule has 0 bridgehead atoms. The predicted octanol–water partition coefficient (Wildman–Crippen LogP) is 0.543. The Labute approximate surface area is 168 Å². The Hall–Kier alpha value is -2.37. The Bertz CT molecular complexity index is 806. The van der Waals surface area contributed by atoms with E-state index in [4.69, 9.17) is 4.74 Å². The van der Waals surface area contributed by atoms with Crippen molar-refractivity contribution in [1.82, 2.24) is 0 Å². The number of anilines is 1. The van der Waals surface area contributed by atoms with E-state index in [9.17, 15) is 4.79 Å². The molecule has 5 nitrogen and oxygen atoms in total. The van der Waals surface area contributed by atoms with E-state index < -0.39 is 0 Å². The molecule has 28 heavy (non-hydrogen) atoms. The summed E-state index contributed by atoms with van der Waals surface area (Å²) in [7, 11) is 1.74. The van der Waals surface area contributed by atoms with Crippen molar-refractivity contribution >= 4 is 11.6 Å². The summed E-state index contributed by atoms with van der Waals surface area (Å²) in [6, 6.07) is 12.5. The first-order valence-corrected chi connectivity index (χ1v) is 10.1. The molecule has 0 atom stereocenters. The van der Waals surface area contributed by atoms with Gasteiger partial charge in [-0.1, -0.05) is 29.8 Å². The van der Waals surface area contributed by atoms with Crippen LogP contribution in [-0.2, 0) is 11.3 Å². The zero-order valence-electron chi connectivity index (χ0n) is 17.5. The molecule has 5 heteroatoms. The van der Waals surface area contributed by atoms with Crippen LogP contribution in [0.25, 0.3) is 0 Å². The van der Waals surface area contributed by atoms with Crippen LogP contribution in [0.1, 0.15) is 22.3 Å². The van der Waals surface area contributed by atoms with Gasteiger partial charge in [0.2, 0.25) is 0 Å². The molecule has 150 valence electrons. The van der Waals surface area contributed by atoms with Gasteiger partial charge in [0.05, 0.1) is 7.11 Å². The van der Waals surface area contributed by atoms with Crippen LogP contribution in [0.5, 0.6) is 5.75 Å². The number of hydrogen-bond donors (Lipinski definition) is 3. The minimum atomic E-state index is 0.108. The quantitative estimate of drug-likeness (QED) is 0.682. The molecule has 1 amide bonds. The van der Waals surface area contributed by atoms with E-state index in [0.29, 0.717) is 6.54 Å². The lowest BCUT2D eigenvalue weighted by Gasteiger charge is -2.29. The molecular formula is C23H33N3O2+2. The van der Waals surface area contributed by atoms with Crippen LogP contribution in [-0.4, -0.2) is 45.7 Å². The van der Waals surface area contributed by atoms with Crippen molar-refractivity contribution in [3.63, 3.8) is 0 Å². The molecule has 1 aliphatic heterocycles. The fraction of sp³-hybridized carbons (Fsp3) is 0.435. The summed E-state index contributed by atoms with van der Waals surface area (Å²) in [4.78, 5) is 15.4. The summed E-state index contributed by atoms with van der Waals surface area (Å²) in [5.41, 5.74) is 5.73. The monoisotopic (exact) mass is 383 g/mol. The summed E-state index contributed by atoms with van der Waals surface area (Å²) < 4.78 is 5.52. The first kappa shape index (κ1) is 20.4. The number of aryl methyl sites for hydroxylation is 3. The van der Waals surface area contributed by atoms with Gasteiger partial charge < -0.3 is 19.9 Å². The van der Waals surface area contributed by atoms with Crippen LogP contribution in [0, 0.1) is 20.8 Å². The fourth-order valence-electron chi connectivity index (χ4n) is 4.05. The van der Waals surface area contributed by atoms with E-state index in [2.05, 4.69) is 30.4 Å². The SMILES string of the molecule is COc1ccc(C)cc1C[NH+]1CC[NH+](CC(=O)Nc2c(C)cccc2C)CC1. The number of methoxy groups -OCH3 is 1. The normalized spacial score (nSPS) is 19.3. The Balaban J connectivity index is 1.50. The molecular weight excluding hydrogens is 350 g/mol. The smallest absolute Gasteiger partial charge is 0.279 e. The summed E-state index contributed by atoms with van der Waals surface area (Å²) in [5.74, 6) is 1.08. The van der Waals surface area contributed by atoms with Crippen LogP contribution < -0.4 is 19.9 Å². The molecule has 0 unspecified atom stereocenters. The number of hydrogen-bond acceptors (Lipinski definition) is 2. The lowest BCUT2D eigenvalue weighted by atomic mass is 10.1. The summed E-state index contributed by atoms with van der Waals surface area (Å²) in [6.07, 6.45) is 0. The van der Waals surface area contributed by atoms with Gasteiger partial charge in [-0.2, -0.15) is 0 Å². The number of nitrogens with one attached hydrogen (secondary N) is 3. The first-order valence-electron chi connectivity index (χ1n) is 10.1. The van der Waals surface area contributed by atoms with Gasteiger partial charge in [-0.05, 0) is 44.0 Å². The second kappa shape index (κ2) is 9.22. The Kier molecular flexibility index (Phi) is 6.70. The second-order valence-electron chi connectivity index (χ2n) is 7.98. The van der Waals surface area contributed by atoms with Crippen molar-refractivity contribution in [1.29, 1.82) is 0 Å². The van der Waals surface area contributed by atoms with E-state index in [1.165, 1.54) is 16.0 Å². The lowest BCUT2D eigenvalue weighted by molar-refractivity contribution is -1.02.